The fraction of sp³-hybridized carbons (Fsp3) is 0.0625. The van der Waals surface area contributed by atoms with Gasteiger partial charge in [-0.25, -0.2) is 8.42 Å². The topological polar surface area (TPSA) is 92.3 Å². The van der Waals surface area contributed by atoms with Crippen molar-refractivity contribution in [3.05, 3.63) is 132 Å². The Labute approximate surface area is 228 Å². The van der Waals surface area contributed by atoms with Crippen LogP contribution in [0.4, 0.5) is 11.4 Å². The second kappa shape index (κ2) is 12.2. The number of amides is 2. The number of sulfone groups is 1. The summed E-state index contributed by atoms with van der Waals surface area (Å²) in [6.45, 7) is 7.56. The van der Waals surface area contributed by atoms with E-state index in [1.165, 1.54) is 24.3 Å². The molecule has 0 bridgehead atoms. The highest BCUT2D eigenvalue weighted by molar-refractivity contribution is 7.91. The summed E-state index contributed by atoms with van der Waals surface area (Å²) in [6, 6.07) is 27.1. The molecule has 196 valence electrons. The van der Waals surface area contributed by atoms with Gasteiger partial charge in [-0.3, -0.25) is 9.59 Å². The minimum atomic E-state index is -4.12. The van der Waals surface area contributed by atoms with Gasteiger partial charge in [0.25, 0.3) is 0 Å². The summed E-state index contributed by atoms with van der Waals surface area (Å²) in [5.74, 6) is -0.733. The van der Waals surface area contributed by atoms with Crippen molar-refractivity contribution in [3.8, 4) is 0 Å². The number of rotatable bonds is 10. The molecule has 2 N–H and O–H groups in total. The fourth-order valence-corrected chi connectivity index (χ4v) is 5.82. The van der Waals surface area contributed by atoms with E-state index in [1.807, 2.05) is 48.5 Å². The van der Waals surface area contributed by atoms with E-state index < -0.39 is 9.84 Å². The van der Waals surface area contributed by atoms with Gasteiger partial charge in [0, 0.05) is 0 Å². The minimum absolute atomic E-state index is 0.0510. The molecule has 4 aromatic carbocycles. The number of carbonyl (C=O) groups excluding carboxylic acids is 2. The first-order valence-corrected chi connectivity index (χ1v) is 13.8. The Hall–Kier alpha value is -4.75. The van der Waals surface area contributed by atoms with Crippen molar-refractivity contribution in [2.24, 2.45) is 0 Å². The molecule has 0 heterocycles. The highest BCUT2D eigenvalue weighted by Crippen LogP contribution is 2.32. The van der Waals surface area contributed by atoms with Gasteiger partial charge in [-0.1, -0.05) is 98.1 Å². The Morgan fingerprint density at radius 1 is 0.590 bits per heavy atom. The number of carbonyl (C=O) groups is 2. The molecule has 0 atom stereocenters. The summed E-state index contributed by atoms with van der Waals surface area (Å²) >= 11 is 0. The molecule has 0 spiro atoms. The van der Waals surface area contributed by atoms with E-state index in [1.54, 1.807) is 36.4 Å². The van der Waals surface area contributed by atoms with Crippen LogP contribution in [0.15, 0.2) is 120 Å². The highest BCUT2D eigenvalue weighted by atomic mass is 32.2. The van der Waals surface area contributed by atoms with Crippen LogP contribution in [-0.2, 0) is 32.3 Å². The Morgan fingerprint density at radius 2 is 0.949 bits per heavy atom. The fourth-order valence-electron chi connectivity index (χ4n) is 4.25. The number of hydrogen-bond acceptors (Lipinski definition) is 4. The highest BCUT2D eigenvalue weighted by Gasteiger charge is 2.25. The van der Waals surface area contributed by atoms with Crippen LogP contribution in [0.3, 0.4) is 0 Å². The average Bonchev–Trinajstić information content (AvgIpc) is 2.94. The lowest BCUT2D eigenvalue weighted by molar-refractivity contribution is -0.116. The lowest BCUT2D eigenvalue weighted by atomic mass is 10.0. The van der Waals surface area contributed by atoms with Crippen LogP contribution in [0.2, 0.25) is 0 Å². The zero-order valence-corrected chi connectivity index (χ0v) is 22.1. The predicted octanol–water partition coefficient (Wildman–Crippen LogP) is 6.17. The Bertz CT molecular complexity index is 1540. The van der Waals surface area contributed by atoms with Crippen LogP contribution in [-0.4, -0.2) is 20.2 Å². The number of nitrogens with one attached hydrogen (secondary N) is 2. The van der Waals surface area contributed by atoms with Gasteiger partial charge in [-0.15, -0.1) is 0 Å². The molecule has 4 rings (SSSR count). The zero-order chi connectivity index (χ0) is 27.8. The molecule has 0 aromatic heterocycles. The van der Waals surface area contributed by atoms with E-state index in [0.717, 1.165) is 22.3 Å². The summed E-state index contributed by atoms with van der Waals surface area (Å²) in [5, 5.41) is 5.49. The summed E-state index contributed by atoms with van der Waals surface area (Å²) in [5.41, 5.74) is 3.51. The van der Waals surface area contributed by atoms with E-state index >= 15 is 0 Å². The van der Waals surface area contributed by atoms with E-state index in [4.69, 9.17) is 0 Å². The van der Waals surface area contributed by atoms with Gasteiger partial charge in [-0.2, -0.15) is 0 Å². The third kappa shape index (κ3) is 6.40. The minimum Gasteiger partial charge on any atom is -0.325 e. The van der Waals surface area contributed by atoms with Crippen LogP contribution in [0.5, 0.6) is 0 Å². The van der Waals surface area contributed by atoms with Crippen molar-refractivity contribution in [1.82, 2.24) is 0 Å². The van der Waals surface area contributed by atoms with Crippen LogP contribution < -0.4 is 10.6 Å². The molecular weight excluding hydrogens is 508 g/mol. The van der Waals surface area contributed by atoms with Crippen molar-refractivity contribution in [3.63, 3.8) is 0 Å². The van der Waals surface area contributed by atoms with Crippen molar-refractivity contribution in [1.29, 1.82) is 0 Å². The van der Waals surface area contributed by atoms with Gasteiger partial charge >= 0.3 is 0 Å². The molecule has 7 heteroatoms. The summed E-state index contributed by atoms with van der Waals surface area (Å²) in [4.78, 5) is 25.6. The first-order chi connectivity index (χ1) is 18.8. The maximum Gasteiger partial charge on any atom is 0.228 e. The van der Waals surface area contributed by atoms with Crippen LogP contribution in [0.1, 0.15) is 22.3 Å². The second-order valence-corrected chi connectivity index (χ2v) is 10.6. The number of hydrogen-bond donors (Lipinski definition) is 2. The molecule has 0 radical (unpaired) electrons. The molecule has 0 aliphatic heterocycles. The molecule has 0 fully saturated rings. The molecular formula is C32H28N2O4S. The number of benzene rings is 4. The normalized spacial score (nSPS) is 10.9. The smallest absolute Gasteiger partial charge is 0.228 e. The van der Waals surface area contributed by atoms with Crippen molar-refractivity contribution in [2.75, 3.05) is 10.6 Å². The monoisotopic (exact) mass is 536 g/mol. The van der Waals surface area contributed by atoms with Gasteiger partial charge in [0.05, 0.1) is 34.0 Å². The van der Waals surface area contributed by atoms with Crippen LogP contribution >= 0.6 is 0 Å². The van der Waals surface area contributed by atoms with E-state index in [9.17, 15) is 18.0 Å². The average molecular weight is 537 g/mol. The molecule has 2 amide bonds. The third-order valence-electron chi connectivity index (χ3n) is 6.15. The molecule has 0 saturated heterocycles. The third-order valence-corrected chi connectivity index (χ3v) is 8.02. The largest absolute Gasteiger partial charge is 0.325 e. The quantitative estimate of drug-likeness (QED) is 0.254. The van der Waals surface area contributed by atoms with Crippen molar-refractivity contribution in [2.45, 2.75) is 22.6 Å². The Kier molecular flexibility index (Phi) is 8.53. The van der Waals surface area contributed by atoms with Gasteiger partial charge in [-0.05, 0) is 46.5 Å². The van der Waals surface area contributed by atoms with E-state index in [0.29, 0.717) is 0 Å². The summed E-state index contributed by atoms with van der Waals surface area (Å²) in [7, 11) is -4.12. The van der Waals surface area contributed by atoms with Gasteiger partial charge in [0.15, 0.2) is 0 Å². The number of para-hydroxylation sites is 2. The first-order valence-electron chi connectivity index (χ1n) is 12.3. The molecule has 6 nitrogen and oxygen atoms in total. The molecule has 0 aliphatic rings. The number of anilines is 2. The molecule has 0 aliphatic carbocycles. The Morgan fingerprint density at radius 3 is 1.36 bits per heavy atom. The lowest BCUT2D eigenvalue weighted by Crippen LogP contribution is -2.19. The molecule has 0 unspecified atom stereocenters. The van der Waals surface area contributed by atoms with Gasteiger partial charge in [0.2, 0.25) is 21.7 Å². The standard InChI is InChI=1S/C32H28N2O4S/c1-3-23-13-5-7-15-25(23)21-31(35)33-27-17-9-11-19-29(27)39(37,38)30-20-12-10-18-28(30)34-32(36)22-26-16-8-6-14-24(26)4-2/h3-20H,1-2,21-22H2,(H,33,35)(H,34,36). The van der Waals surface area contributed by atoms with Gasteiger partial charge in [0.1, 0.15) is 0 Å². The zero-order valence-electron chi connectivity index (χ0n) is 21.3. The van der Waals surface area contributed by atoms with Crippen molar-refractivity contribution >= 4 is 45.2 Å². The second-order valence-electron chi connectivity index (χ2n) is 8.75. The SMILES string of the molecule is C=Cc1ccccc1CC(=O)Nc1ccccc1S(=O)(=O)c1ccccc1NC(=O)Cc1ccccc1C=C. The first kappa shape index (κ1) is 27.3. The predicted molar refractivity (Wildman–Crippen MR) is 156 cm³/mol. The molecule has 0 saturated carbocycles. The van der Waals surface area contributed by atoms with Crippen LogP contribution in [0, 0.1) is 0 Å². The maximum absolute atomic E-state index is 13.8. The lowest BCUT2D eigenvalue weighted by Gasteiger charge is -2.15. The van der Waals surface area contributed by atoms with Crippen LogP contribution in [0.25, 0.3) is 12.2 Å². The summed E-state index contributed by atoms with van der Waals surface area (Å²) < 4.78 is 27.7. The Balaban J connectivity index is 1.59. The van der Waals surface area contributed by atoms with E-state index in [2.05, 4.69) is 23.8 Å². The molecule has 39 heavy (non-hydrogen) atoms. The van der Waals surface area contributed by atoms with Gasteiger partial charge < -0.3 is 10.6 Å². The van der Waals surface area contributed by atoms with Crippen molar-refractivity contribution < 1.29 is 18.0 Å². The molecule has 4 aromatic rings. The maximum atomic E-state index is 13.8. The van der Waals surface area contributed by atoms with E-state index in [-0.39, 0.29) is 45.8 Å². The summed E-state index contributed by atoms with van der Waals surface area (Å²) in [6.07, 6.45) is 3.44.